The molecule has 1 aliphatic rings. The standard InChI is InChI=1S/C21H21N3O4S/c1-27-17-8-7-14(11-18(17)28-2)21-24(9-10-29-21)19(25)12-23-13-22-16-6-4-3-5-15(16)20(23)26/h3-8,11,13,21H,9-10,12H2,1-2H3. The number of para-hydroxylation sites is 1. The first-order valence-corrected chi connectivity index (χ1v) is 10.2. The van der Waals surface area contributed by atoms with E-state index in [0.29, 0.717) is 28.9 Å². The summed E-state index contributed by atoms with van der Waals surface area (Å²) in [5.74, 6) is 1.98. The largest absolute Gasteiger partial charge is 0.493 e. The zero-order chi connectivity index (χ0) is 20.4. The molecule has 1 fully saturated rings. The Hall–Kier alpha value is -3.00. The number of nitrogens with zero attached hydrogens (tertiary/aromatic N) is 3. The van der Waals surface area contributed by atoms with E-state index in [-0.39, 0.29) is 23.4 Å². The molecule has 4 rings (SSSR count). The van der Waals surface area contributed by atoms with Crippen LogP contribution in [0.3, 0.4) is 0 Å². The number of benzene rings is 2. The molecule has 1 amide bonds. The molecule has 0 aliphatic carbocycles. The fourth-order valence-corrected chi connectivity index (χ4v) is 4.73. The Labute approximate surface area is 172 Å². The number of hydrogen-bond acceptors (Lipinski definition) is 6. The van der Waals surface area contributed by atoms with Crippen molar-refractivity contribution in [1.82, 2.24) is 14.5 Å². The Kier molecular flexibility index (Phi) is 5.44. The van der Waals surface area contributed by atoms with Crippen molar-refractivity contribution in [2.45, 2.75) is 11.9 Å². The quantitative estimate of drug-likeness (QED) is 0.643. The van der Waals surface area contributed by atoms with Crippen LogP contribution >= 0.6 is 11.8 Å². The van der Waals surface area contributed by atoms with Gasteiger partial charge in [-0.15, -0.1) is 11.8 Å². The molecular formula is C21H21N3O4S. The number of carbonyl (C=O) groups is 1. The summed E-state index contributed by atoms with van der Waals surface area (Å²) in [6.45, 7) is 0.583. The maximum Gasteiger partial charge on any atom is 0.261 e. The summed E-state index contributed by atoms with van der Waals surface area (Å²) in [6, 6.07) is 12.8. The predicted molar refractivity (Wildman–Crippen MR) is 112 cm³/mol. The van der Waals surface area contributed by atoms with E-state index in [1.165, 1.54) is 10.9 Å². The van der Waals surface area contributed by atoms with E-state index in [4.69, 9.17) is 9.47 Å². The fraction of sp³-hybridized carbons (Fsp3) is 0.286. The van der Waals surface area contributed by atoms with Gasteiger partial charge in [-0.25, -0.2) is 4.98 Å². The highest BCUT2D eigenvalue weighted by Crippen LogP contribution is 2.41. The van der Waals surface area contributed by atoms with E-state index in [9.17, 15) is 9.59 Å². The van der Waals surface area contributed by atoms with Gasteiger partial charge in [0.2, 0.25) is 5.91 Å². The lowest BCUT2D eigenvalue weighted by molar-refractivity contribution is -0.132. The maximum absolute atomic E-state index is 13.0. The van der Waals surface area contributed by atoms with Gasteiger partial charge in [-0.05, 0) is 29.8 Å². The lowest BCUT2D eigenvalue weighted by atomic mass is 10.1. The van der Waals surface area contributed by atoms with Crippen molar-refractivity contribution in [3.8, 4) is 11.5 Å². The maximum atomic E-state index is 13.0. The molecule has 1 aliphatic heterocycles. The van der Waals surface area contributed by atoms with Crippen LogP contribution in [0.2, 0.25) is 0 Å². The van der Waals surface area contributed by atoms with Crippen LogP contribution < -0.4 is 15.0 Å². The summed E-state index contributed by atoms with van der Waals surface area (Å²) < 4.78 is 12.1. The molecule has 0 spiro atoms. The third-order valence-electron chi connectivity index (χ3n) is 4.94. The minimum atomic E-state index is -0.210. The van der Waals surface area contributed by atoms with E-state index >= 15 is 0 Å². The van der Waals surface area contributed by atoms with E-state index < -0.39 is 0 Å². The number of amides is 1. The van der Waals surface area contributed by atoms with E-state index in [2.05, 4.69) is 4.98 Å². The minimum absolute atomic E-state index is 0.0407. The lowest BCUT2D eigenvalue weighted by Gasteiger charge is -2.25. The number of aromatic nitrogens is 2. The fourth-order valence-electron chi connectivity index (χ4n) is 3.46. The first-order chi connectivity index (χ1) is 14.1. The molecule has 29 heavy (non-hydrogen) atoms. The van der Waals surface area contributed by atoms with Crippen molar-refractivity contribution in [1.29, 1.82) is 0 Å². The summed E-state index contributed by atoms with van der Waals surface area (Å²) in [6.07, 6.45) is 1.44. The molecule has 150 valence electrons. The highest BCUT2D eigenvalue weighted by molar-refractivity contribution is 7.99. The van der Waals surface area contributed by atoms with Crippen LogP contribution in [0, 0.1) is 0 Å². The Morgan fingerprint density at radius 1 is 1.17 bits per heavy atom. The normalized spacial score (nSPS) is 16.2. The predicted octanol–water partition coefficient (Wildman–Crippen LogP) is 2.69. The average Bonchev–Trinajstić information content (AvgIpc) is 3.25. The number of rotatable bonds is 5. The first-order valence-electron chi connectivity index (χ1n) is 9.19. The van der Waals surface area contributed by atoms with Crippen LogP contribution in [0.15, 0.2) is 53.6 Å². The second-order valence-corrected chi connectivity index (χ2v) is 7.81. The smallest absolute Gasteiger partial charge is 0.261 e. The molecule has 7 nitrogen and oxygen atoms in total. The van der Waals surface area contributed by atoms with Crippen molar-refractivity contribution < 1.29 is 14.3 Å². The van der Waals surface area contributed by atoms with Gasteiger partial charge in [-0.3, -0.25) is 14.2 Å². The highest BCUT2D eigenvalue weighted by Gasteiger charge is 2.31. The van der Waals surface area contributed by atoms with Gasteiger partial charge in [0.25, 0.3) is 5.56 Å². The zero-order valence-corrected chi connectivity index (χ0v) is 17.0. The second kappa shape index (κ2) is 8.16. The molecule has 0 N–H and O–H groups in total. The number of ether oxygens (including phenoxy) is 2. The highest BCUT2D eigenvalue weighted by atomic mass is 32.2. The van der Waals surface area contributed by atoms with Crippen molar-refractivity contribution in [3.63, 3.8) is 0 Å². The van der Waals surface area contributed by atoms with Gasteiger partial charge in [0, 0.05) is 12.3 Å². The molecule has 1 unspecified atom stereocenters. The summed E-state index contributed by atoms with van der Waals surface area (Å²) in [7, 11) is 3.18. The van der Waals surface area contributed by atoms with Crippen LogP contribution in [0.4, 0.5) is 0 Å². The van der Waals surface area contributed by atoms with Crippen LogP contribution in [0.1, 0.15) is 10.9 Å². The minimum Gasteiger partial charge on any atom is -0.493 e. The van der Waals surface area contributed by atoms with Crippen LogP contribution in [0.25, 0.3) is 10.9 Å². The average molecular weight is 411 g/mol. The summed E-state index contributed by atoms with van der Waals surface area (Å²) in [4.78, 5) is 31.8. The van der Waals surface area contributed by atoms with Crippen molar-refractivity contribution in [2.24, 2.45) is 0 Å². The third-order valence-corrected chi connectivity index (χ3v) is 6.20. The molecule has 0 radical (unpaired) electrons. The molecule has 2 aromatic carbocycles. The van der Waals surface area contributed by atoms with Gasteiger partial charge in [0.15, 0.2) is 11.5 Å². The second-order valence-electron chi connectivity index (χ2n) is 6.62. The monoisotopic (exact) mass is 411 g/mol. The SMILES string of the molecule is COc1ccc(C2SCCN2C(=O)Cn2cnc3ccccc3c2=O)cc1OC. The van der Waals surface area contributed by atoms with Gasteiger partial charge >= 0.3 is 0 Å². The van der Waals surface area contributed by atoms with Crippen molar-refractivity contribution in [3.05, 3.63) is 64.7 Å². The summed E-state index contributed by atoms with van der Waals surface area (Å²) in [5.41, 5.74) is 1.38. The number of thioether (sulfide) groups is 1. The summed E-state index contributed by atoms with van der Waals surface area (Å²) >= 11 is 1.69. The molecule has 0 saturated carbocycles. The molecule has 2 heterocycles. The van der Waals surface area contributed by atoms with Crippen molar-refractivity contribution in [2.75, 3.05) is 26.5 Å². The number of hydrogen-bond donors (Lipinski definition) is 0. The Balaban J connectivity index is 1.59. The number of carbonyl (C=O) groups excluding carboxylic acids is 1. The van der Waals surface area contributed by atoms with E-state index in [1.807, 2.05) is 24.3 Å². The Bertz CT molecular complexity index is 1110. The van der Waals surface area contributed by atoms with Gasteiger partial charge in [-0.1, -0.05) is 18.2 Å². The van der Waals surface area contributed by atoms with Gasteiger partial charge in [0.1, 0.15) is 11.9 Å². The van der Waals surface area contributed by atoms with Gasteiger partial charge in [-0.2, -0.15) is 0 Å². The van der Waals surface area contributed by atoms with Crippen LogP contribution in [-0.4, -0.2) is 46.9 Å². The molecule has 8 heteroatoms. The first kappa shape index (κ1) is 19.3. The number of fused-ring (bicyclic) bond motifs is 1. The van der Waals surface area contributed by atoms with Crippen LogP contribution in [0.5, 0.6) is 11.5 Å². The van der Waals surface area contributed by atoms with E-state index in [0.717, 1.165) is 11.3 Å². The van der Waals surface area contributed by atoms with Crippen LogP contribution in [-0.2, 0) is 11.3 Å². The molecule has 1 atom stereocenters. The molecule has 3 aromatic rings. The zero-order valence-electron chi connectivity index (χ0n) is 16.2. The molecular weight excluding hydrogens is 390 g/mol. The molecule has 0 bridgehead atoms. The van der Waals surface area contributed by atoms with Crippen molar-refractivity contribution >= 4 is 28.6 Å². The topological polar surface area (TPSA) is 73.7 Å². The van der Waals surface area contributed by atoms with E-state index in [1.54, 1.807) is 49.1 Å². The van der Waals surface area contributed by atoms with Gasteiger partial charge in [0.05, 0.1) is 31.4 Å². The Morgan fingerprint density at radius 2 is 1.97 bits per heavy atom. The molecule has 1 saturated heterocycles. The van der Waals surface area contributed by atoms with Gasteiger partial charge < -0.3 is 14.4 Å². The molecule has 1 aromatic heterocycles. The number of methoxy groups -OCH3 is 2. The lowest BCUT2D eigenvalue weighted by Crippen LogP contribution is -2.36. The Morgan fingerprint density at radius 3 is 2.76 bits per heavy atom. The third kappa shape index (κ3) is 3.67. The summed E-state index contributed by atoms with van der Waals surface area (Å²) in [5, 5.41) is 0.376.